The number of ether oxygens (including phenoxy) is 1. The monoisotopic (exact) mass is 348 g/mol. The van der Waals surface area contributed by atoms with Gasteiger partial charge in [0, 0.05) is 54.7 Å². The molecule has 0 amide bonds. The van der Waals surface area contributed by atoms with Crippen molar-refractivity contribution in [1.82, 2.24) is 24.9 Å². The number of aryl methyl sites for hydroxylation is 1. The first-order chi connectivity index (χ1) is 12.7. The molecule has 3 aromatic heterocycles. The molecule has 0 bridgehead atoms. The second-order valence-corrected chi connectivity index (χ2v) is 6.37. The van der Waals surface area contributed by atoms with E-state index in [0.717, 1.165) is 47.4 Å². The Morgan fingerprint density at radius 1 is 1.15 bits per heavy atom. The molecule has 0 aliphatic carbocycles. The zero-order chi connectivity index (χ0) is 17.9. The van der Waals surface area contributed by atoms with Gasteiger partial charge < -0.3 is 10.1 Å². The van der Waals surface area contributed by atoms with E-state index in [-0.39, 0.29) is 5.92 Å². The average molecular weight is 348 g/mol. The quantitative estimate of drug-likeness (QED) is 0.759. The molecule has 3 aromatic rings. The normalized spacial score (nSPS) is 13.8. The minimum Gasteiger partial charge on any atom is -0.491 e. The number of nitrogens with one attached hydrogen (secondary N) is 1. The van der Waals surface area contributed by atoms with E-state index >= 15 is 0 Å². The van der Waals surface area contributed by atoms with Gasteiger partial charge in [0.1, 0.15) is 23.7 Å². The molecule has 0 fully saturated rings. The minimum atomic E-state index is 0.198. The molecule has 0 saturated heterocycles. The standard InChI is InChI=1S/C19H20N6O/c1-12(18-19-14(3-5-20-18)4-6-26-19)8-23-17-7-16(24-11-25-17)15-9-21-13(2)22-10-15/h3,5,7,9-12H,4,6,8H2,1-2H3,(H,23,24,25). The third kappa shape index (κ3) is 3.33. The summed E-state index contributed by atoms with van der Waals surface area (Å²) in [4.78, 5) is 21.6. The van der Waals surface area contributed by atoms with Crippen LogP contribution < -0.4 is 10.1 Å². The van der Waals surface area contributed by atoms with Crippen LogP contribution >= 0.6 is 0 Å². The molecule has 132 valence electrons. The summed E-state index contributed by atoms with van der Waals surface area (Å²) in [7, 11) is 0. The highest BCUT2D eigenvalue weighted by Gasteiger charge is 2.21. The number of hydrogen-bond donors (Lipinski definition) is 1. The minimum absolute atomic E-state index is 0.198. The Morgan fingerprint density at radius 3 is 2.85 bits per heavy atom. The molecule has 26 heavy (non-hydrogen) atoms. The van der Waals surface area contributed by atoms with Gasteiger partial charge in [-0.3, -0.25) is 4.98 Å². The van der Waals surface area contributed by atoms with E-state index < -0.39 is 0 Å². The number of anilines is 1. The number of rotatable bonds is 5. The molecule has 1 aliphatic rings. The molecule has 4 rings (SSSR count). The molecule has 1 N–H and O–H groups in total. The summed E-state index contributed by atoms with van der Waals surface area (Å²) in [5, 5.41) is 3.37. The lowest BCUT2D eigenvalue weighted by Crippen LogP contribution is -2.13. The van der Waals surface area contributed by atoms with Crippen LogP contribution in [0.25, 0.3) is 11.3 Å². The lowest BCUT2D eigenvalue weighted by Gasteiger charge is -2.15. The smallest absolute Gasteiger partial charge is 0.144 e. The Morgan fingerprint density at radius 2 is 2.00 bits per heavy atom. The van der Waals surface area contributed by atoms with E-state index in [2.05, 4.69) is 37.2 Å². The number of aromatic nitrogens is 5. The SMILES string of the molecule is Cc1ncc(-c2cc(NCC(C)c3nccc4c3OCC4)ncn2)cn1. The second-order valence-electron chi connectivity index (χ2n) is 6.37. The van der Waals surface area contributed by atoms with Crippen LogP contribution in [-0.4, -0.2) is 38.1 Å². The van der Waals surface area contributed by atoms with Crippen molar-refractivity contribution in [2.75, 3.05) is 18.5 Å². The Hall–Kier alpha value is -3.09. The highest BCUT2D eigenvalue weighted by Crippen LogP contribution is 2.32. The van der Waals surface area contributed by atoms with Crippen molar-refractivity contribution in [3.05, 3.63) is 54.1 Å². The Balaban J connectivity index is 1.47. The topological polar surface area (TPSA) is 85.7 Å². The molecule has 7 heteroatoms. The maximum atomic E-state index is 5.76. The van der Waals surface area contributed by atoms with Gasteiger partial charge in [0.15, 0.2) is 0 Å². The lowest BCUT2D eigenvalue weighted by atomic mass is 10.0. The lowest BCUT2D eigenvalue weighted by molar-refractivity contribution is 0.350. The van der Waals surface area contributed by atoms with E-state index in [1.807, 2.05) is 25.3 Å². The third-order valence-corrected chi connectivity index (χ3v) is 4.43. The highest BCUT2D eigenvalue weighted by atomic mass is 16.5. The molecule has 1 atom stereocenters. The van der Waals surface area contributed by atoms with E-state index in [4.69, 9.17) is 4.74 Å². The molecular weight excluding hydrogens is 328 g/mol. The first-order valence-electron chi connectivity index (χ1n) is 8.66. The van der Waals surface area contributed by atoms with Crippen molar-refractivity contribution >= 4 is 5.82 Å². The number of nitrogens with zero attached hydrogens (tertiary/aromatic N) is 5. The Labute approximate surface area is 151 Å². The fraction of sp³-hybridized carbons (Fsp3) is 0.316. The van der Waals surface area contributed by atoms with Crippen LogP contribution in [0.2, 0.25) is 0 Å². The molecule has 1 aliphatic heterocycles. The van der Waals surface area contributed by atoms with Crippen LogP contribution in [0.5, 0.6) is 5.75 Å². The predicted molar refractivity (Wildman–Crippen MR) is 98.1 cm³/mol. The third-order valence-electron chi connectivity index (χ3n) is 4.43. The fourth-order valence-electron chi connectivity index (χ4n) is 2.97. The summed E-state index contributed by atoms with van der Waals surface area (Å²) in [6.45, 7) is 5.43. The van der Waals surface area contributed by atoms with Crippen LogP contribution in [-0.2, 0) is 6.42 Å². The van der Waals surface area contributed by atoms with Crippen molar-refractivity contribution in [3.8, 4) is 17.0 Å². The van der Waals surface area contributed by atoms with Gasteiger partial charge in [-0.15, -0.1) is 0 Å². The van der Waals surface area contributed by atoms with Crippen molar-refractivity contribution in [3.63, 3.8) is 0 Å². The predicted octanol–water partition coefficient (Wildman–Crippen LogP) is 2.79. The summed E-state index contributed by atoms with van der Waals surface area (Å²) in [6.07, 6.45) is 7.90. The summed E-state index contributed by atoms with van der Waals surface area (Å²) in [5.74, 6) is 2.64. The van der Waals surface area contributed by atoms with Gasteiger partial charge in [-0.2, -0.15) is 0 Å². The molecule has 4 heterocycles. The zero-order valence-corrected chi connectivity index (χ0v) is 14.8. The van der Waals surface area contributed by atoms with E-state index in [9.17, 15) is 0 Å². The van der Waals surface area contributed by atoms with E-state index in [1.54, 1.807) is 18.7 Å². The zero-order valence-electron chi connectivity index (χ0n) is 14.8. The van der Waals surface area contributed by atoms with Gasteiger partial charge in [0.25, 0.3) is 0 Å². The summed E-state index contributed by atoms with van der Waals surface area (Å²) < 4.78 is 5.76. The van der Waals surface area contributed by atoms with Gasteiger partial charge in [-0.05, 0) is 13.0 Å². The summed E-state index contributed by atoms with van der Waals surface area (Å²) >= 11 is 0. The fourth-order valence-corrected chi connectivity index (χ4v) is 2.97. The van der Waals surface area contributed by atoms with Crippen molar-refractivity contribution in [2.45, 2.75) is 26.2 Å². The maximum absolute atomic E-state index is 5.76. The summed E-state index contributed by atoms with van der Waals surface area (Å²) in [5.41, 5.74) is 3.89. The number of hydrogen-bond acceptors (Lipinski definition) is 7. The number of fused-ring (bicyclic) bond motifs is 1. The van der Waals surface area contributed by atoms with Crippen LogP contribution in [0.15, 0.2) is 37.1 Å². The first kappa shape index (κ1) is 16.4. The van der Waals surface area contributed by atoms with Gasteiger partial charge >= 0.3 is 0 Å². The van der Waals surface area contributed by atoms with Crippen LogP contribution in [0.3, 0.4) is 0 Å². The van der Waals surface area contributed by atoms with Gasteiger partial charge in [0.05, 0.1) is 18.0 Å². The van der Waals surface area contributed by atoms with Crippen molar-refractivity contribution in [1.29, 1.82) is 0 Å². The molecule has 0 radical (unpaired) electrons. The van der Waals surface area contributed by atoms with Crippen LogP contribution in [0.4, 0.5) is 5.82 Å². The van der Waals surface area contributed by atoms with Gasteiger partial charge in [-0.1, -0.05) is 6.92 Å². The van der Waals surface area contributed by atoms with E-state index in [1.165, 1.54) is 5.56 Å². The Bertz CT molecular complexity index is 912. The molecular formula is C19H20N6O. The highest BCUT2D eigenvalue weighted by molar-refractivity contribution is 5.60. The van der Waals surface area contributed by atoms with Crippen LogP contribution in [0.1, 0.15) is 29.9 Å². The average Bonchev–Trinajstić information content (AvgIpc) is 3.16. The van der Waals surface area contributed by atoms with Gasteiger partial charge in [0.2, 0.25) is 0 Å². The second kappa shape index (κ2) is 7.03. The first-order valence-corrected chi connectivity index (χ1v) is 8.66. The van der Waals surface area contributed by atoms with Gasteiger partial charge in [-0.25, -0.2) is 19.9 Å². The number of pyridine rings is 1. The molecule has 0 spiro atoms. The molecule has 0 saturated carbocycles. The Kier molecular flexibility index (Phi) is 4.43. The molecule has 0 aromatic carbocycles. The van der Waals surface area contributed by atoms with E-state index in [0.29, 0.717) is 6.54 Å². The van der Waals surface area contributed by atoms with Crippen molar-refractivity contribution in [2.24, 2.45) is 0 Å². The summed E-state index contributed by atoms with van der Waals surface area (Å²) in [6, 6.07) is 3.94. The van der Waals surface area contributed by atoms with Crippen molar-refractivity contribution < 1.29 is 4.74 Å². The molecule has 1 unspecified atom stereocenters. The largest absolute Gasteiger partial charge is 0.491 e. The van der Waals surface area contributed by atoms with Crippen LogP contribution in [0, 0.1) is 6.92 Å². The molecule has 7 nitrogen and oxygen atoms in total. The maximum Gasteiger partial charge on any atom is 0.144 e.